The Bertz CT molecular complexity index is 379. The van der Waals surface area contributed by atoms with Gasteiger partial charge in [-0.15, -0.1) is 0 Å². The lowest BCUT2D eigenvalue weighted by molar-refractivity contribution is 0.0910. The predicted octanol–water partition coefficient (Wildman–Crippen LogP) is 2.78. The van der Waals surface area contributed by atoms with Gasteiger partial charge in [0, 0.05) is 49.5 Å². The number of nitrogens with zero attached hydrogens (tertiary/aromatic N) is 2. The zero-order valence-corrected chi connectivity index (χ0v) is 12.7. The first-order valence-electron chi connectivity index (χ1n) is 7.15. The Labute approximate surface area is 121 Å². The van der Waals surface area contributed by atoms with E-state index in [0.717, 1.165) is 30.3 Å². The Kier molecular flexibility index (Phi) is 5.49. The van der Waals surface area contributed by atoms with E-state index in [1.807, 2.05) is 24.3 Å². The van der Waals surface area contributed by atoms with E-state index >= 15 is 0 Å². The molecule has 2 rings (SSSR count). The van der Waals surface area contributed by atoms with Crippen LogP contribution in [0.15, 0.2) is 24.3 Å². The lowest BCUT2D eigenvalue weighted by Crippen LogP contribution is -2.52. The van der Waals surface area contributed by atoms with Gasteiger partial charge >= 0.3 is 0 Å². The number of benzene rings is 1. The minimum absolute atomic E-state index is 0.675. The monoisotopic (exact) mass is 281 g/mol. The van der Waals surface area contributed by atoms with E-state index in [9.17, 15) is 0 Å². The molecule has 0 amide bonds. The fourth-order valence-electron chi connectivity index (χ4n) is 2.67. The van der Waals surface area contributed by atoms with E-state index < -0.39 is 0 Å². The third kappa shape index (κ3) is 4.37. The fourth-order valence-corrected chi connectivity index (χ4v) is 2.80. The van der Waals surface area contributed by atoms with Crippen molar-refractivity contribution in [2.75, 3.05) is 44.6 Å². The molecule has 1 unspecified atom stereocenters. The van der Waals surface area contributed by atoms with Gasteiger partial charge in [0.1, 0.15) is 0 Å². The Morgan fingerprint density at radius 2 is 2.00 bits per heavy atom. The molecule has 1 saturated heterocycles. The zero-order valence-electron chi connectivity index (χ0n) is 11.9. The smallest absolute Gasteiger partial charge is 0.0407 e. The molecule has 0 aliphatic carbocycles. The van der Waals surface area contributed by atoms with E-state index in [4.69, 9.17) is 11.6 Å². The highest BCUT2D eigenvalue weighted by atomic mass is 35.5. The number of hydrogen-bond acceptors (Lipinski definition) is 3. The second-order valence-electron chi connectivity index (χ2n) is 5.21. The molecular formula is C15H24ClN3. The summed E-state index contributed by atoms with van der Waals surface area (Å²) in [4.78, 5) is 5.09. The van der Waals surface area contributed by atoms with E-state index in [-0.39, 0.29) is 0 Å². The molecule has 1 heterocycles. The molecule has 1 fully saturated rings. The SMILES string of the molecule is CCN1CCN(CCNc2ccc(Cl)cc2)CC1C. The van der Waals surface area contributed by atoms with Crippen LogP contribution in [0.3, 0.4) is 0 Å². The normalized spacial score (nSPS) is 21.5. The molecule has 1 aromatic carbocycles. The van der Waals surface area contributed by atoms with Gasteiger partial charge < -0.3 is 5.32 Å². The lowest BCUT2D eigenvalue weighted by Gasteiger charge is -2.39. The third-order valence-corrected chi connectivity index (χ3v) is 4.11. The van der Waals surface area contributed by atoms with Crippen molar-refractivity contribution in [3.8, 4) is 0 Å². The van der Waals surface area contributed by atoms with Crippen molar-refractivity contribution in [2.24, 2.45) is 0 Å². The van der Waals surface area contributed by atoms with Crippen molar-refractivity contribution in [3.05, 3.63) is 29.3 Å². The standard InChI is InChI=1S/C15H24ClN3/c1-3-19-11-10-18(12-13(19)2)9-8-17-15-6-4-14(16)5-7-15/h4-7,13,17H,3,8-12H2,1-2H3. The average Bonchev–Trinajstić information content (AvgIpc) is 2.41. The number of nitrogens with one attached hydrogen (secondary N) is 1. The highest BCUT2D eigenvalue weighted by Gasteiger charge is 2.21. The van der Waals surface area contributed by atoms with Gasteiger partial charge in [-0.2, -0.15) is 0 Å². The molecule has 1 aromatic rings. The van der Waals surface area contributed by atoms with E-state index in [1.165, 1.54) is 19.6 Å². The minimum atomic E-state index is 0.675. The first-order valence-corrected chi connectivity index (χ1v) is 7.52. The molecule has 0 radical (unpaired) electrons. The summed E-state index contributed by atoms with van der Waals surface area (Å²) in [7, 11) is 0. The van der Waals surface area contributed by atoms with Gasteiger partial charge in [0.25, 0.3) is 0 Å². The first-order chi connectivity index (χ1) is 9.19. The Balaban J connectivity index is 1.70. The van der Waals surface area contributed by atoms with Gasteiger partial charge in [0.2, 0.25) is 0 Å². The van der Waals surface area contributed by atoms with Crippen LogP contribution in [0.4, 0.5) is 5.69 Å². The Hall–Kier alpha value is -0.770. The summed E-state index contributed by atoms with van der Waals surface area (Å²) >= 11 is 5.87. The van der Waals surface area contributed by atoms with Gasteiger partial charge in [-0.1, -0.05) is 18.5 Å². The van der Waals surface area contributed by atoms with Crippen molar-refractivity contribution in [1.29, 1.82) is 0 Å². The Morgan fingerprint density at radius 3 is 2.63 bits per heavy atom. The molecule has 19 heavy (non-hydrogen) atoms. The van der Waals surface area contributed by atoms with Crippen molar-refractivity contribution < 1.29 is 0 Å². The van der Waals surface area contributed by atoms with Crippen molar-refractivity contribution in [1.82, 2.24) is 9.80 Å². The number of hydrogen-bond donors (Lipinski definition) is 1. The van der Waals surface area contributed by atoms with Gasteiger partial charge in [0.05, 0.1) is 0 Å². The van der Waals surface area contributed by atoms with Gasteiger partial charge in [-0.25, -0.2) is 0 Å². The second-order valence-corrected chi connectivity index (χ2v) is 5.65. The molecule has 1 aliphatic rings. The molecule has 0 bridgehead atoms. The van der Waals surface area contributed by atoms with Crippen LogP contribution in [0, 0.1) is 0 Å². The van der Waals surface area contributed by atoms with Crippen LogP contribution in [-0.4, -0.2) is 55.1 Å². The highest BCUT2D eigenvalue weighted by Crippen LogP contribution is 2.13. The van der Waals surface area contributed by atoms with Crippen molar-refractivity contribution in [3.63, 3.8) is 0 Å². The summed E-state index contributed by atoms with van der Waals surface area (Å²) in [5, 5.41) is 4.23. The number of anilines is 1. The largest absolute Gasteiger partial charge is 0.384 e. The van der Waals surface area contributed by atoms with Gasteiger partial charge in [0.15, 0.2) is 0 Å². The minimum Gasteiger partial charge on any atom is -0.384 e. The van der Waals surface area contributed by atoms with Gasteiger partial charge in [-0.05, 0) is 37.7 Å². The van der Waals surface area contributed by atoms with Gasteiger partial charge in [-0.3, -0.25) is 9.80 Å². The molecule has 0 spiro atoms. The summed E-state index contributed by atoms with van der Waals surface area (Å²) in [5.74, 6) is 0. The molecule has 1 N–H and O–H groups in total. The Morgan fingerprint density at radius 1 is 1.26 bits per heavy atom. The maximum Gasteiger partial charge on any atom is 0.0407 e. The third-order valence-electron chi connectivity index (χ3n) is 3.86. The van der Waals surface area contributed by atoms with E-state index in [1.54, 1.807) is 0 Å². The van der Waals surface area contributed by atoms with Crippen molar-refractivity contribution >= 4 is 17.3 Å². The number of rotatable bonds is 5. The van der Waals surface area contributed by atoms with Crippen LogP contribution in [0.1, 0.15) is 13.8 Å². The molecule has 106 valence electrons. The maximum atomic E-state index is 5.87. The number of piperazine rings is 1. The molecule has 0 saturated carbocycles. The molecule has 0 aromatic heterocycles. The number of halogens is 1. The average molecular weight is 282 g/mol. The van der Waals surface area contributed by atoms with Crippen molar-refractivity contribution in [2.45, 2.75) is 19.9 Å². The predicted molar refractivity (Wildman–Crippen MR) is 83.1 cm³/mol. The van der Waals surface area contributed by atoms with Crippen LogP contribution in [0.5, 0.6) is 0 Å². The summed E-state index contributed by atoms with van der Waals surface area (Å²) < 4.78 is 0. The lowest BCUT2D eigenvalue weighted by atomic mass is 10.2. The summed E-state index contributed by atoms with van der Waals surface area (Å²) in [6.07, 6.45) is 0. The van der Waals surface area contributed by atoms with E-state index in [2.05, 4.69) is 29.0 Å². The molecular weight excluding hydrogens is 258 g/mol. The second kappa shape index (κ2) is 7.13. The van der Waals surface area contributed by atoms with Crippen LogP contribution < -0.4 is 5.32 Å². The summed E-state index contributed by atoms with van der Waals surface area (Å²) in [5.41, 5.74) is 1.14. The number of likely N-dealkylation sites (N-methyl/N-ethyl adjacent to an activating group) is 1. The molecule has 1 atom stereocenters. The van der Waals surface area contributed by atoms with Crippen LogP contribution in [0.25, 0.3) is 0 Å². The van der Waals surface area contributed by atoms with Crippen LogP contribution >= 0.6 is 11.6 Å². The van der Waals surface area contributed by atoms with Crippen LogP contribution in [0.2, 0.25) is 5.02 Å². The topological polar surface area (TPSA) is 18.5 Å². The highest BCUT2D eigenvalue weighted by molar-refractivity contribution is 6.30. The summed E-state index contributed by atoms with van der Waals surface area (Å²) in [6, 6.07) is 8.58. The summed E-state index contributed by atoms with van der Waals surface area (Å²) in [6.45, 7) is 11.4. The fraction of sp³-hybridized carbons (Fsp3) is 0.600. The molecule has 1 aliphatic heterocycles. The molecule has 3 nitrogen and oxygen atoms in total. The first kappa shape index (κ1) is 14.6. The van der Waals surface area contributed by atoms with Crippen LogP contribution in [-0.2, 0) is 0 Å². The maximum absolute atomic E-state index is 5.87. The van der Waals surface area contributed by atoms with E-state index in [0.29, 0.717) is 6.04 Å². The zero-order chi connectivity index (χ0) is 13.7. The quantitative estimate of drug-likeness (QED) is 0.895. The molecule has 4 heteroatoms.